The van der Waals surface area contributed by atoms with E-state index in [0.29, 0.717) is 11.6 Å². The third kappa shape index (κ3) is 4.29. The molecule has 6 heteroatoms. The Hall–Kier alpha value is -2.43. The van der Waals surface area contributed by atoms with Crippen LogP contribution in [0, 0.1) is 13.8 Å². The van der Waals surface area contributed by atoms with Crippen molar-refractivity contribution in [1.82, 2.24) is 9.99 Å². The standard InChI is InChI=1S/C21H21Cl2N3O/c1-14-10-17(13-25-24-12-16-6-4-5-7-19(16)23)15(2)26(14)20-11-18(22)8-9-21(20)27-3/h4-11,13,24H,12H2,1-3H3/b25-13-. The highest BCUT2D eigenvalue weighted by atomic mass is 35.5. The first kappa shape index (κ1) is 19.3. The maximum Gasteiger partial charge on any atom is 0.142 e. The van der Waals surface area contributed by atoms with Crippen LogP contribution in [0.3, 0.4) is 0 Å². The van der Waals surface area contributed by atoms with Gasteiger partial charge in [-0.1, -0.05) is 41.4 Å². The van der Waals surface area contributed by atoms with Crippen LogP contribution in [-0.4, -0.2) is 17.9 Å². The smallest absolute Gasteiger partial charge is 0.142 e. The lowest BCUT2D eigenvalue weighted by Crippen LogP contribution is -2.06. The van der Waals surface area contributed by atoms with E-state index in [-0.39, 0.29) is 0 Å². The van der Waals surface area contributed by atoms with Crippen LogP contribution in [0.5, 0.6) is 5.75 Å². The third-order valence-electron chi connectivity index (χ3n) is 4.37. The average molecular weight is 402 g/mol. The zero-order chi connectivity index (χ0) is 19.4. The Kier molecular flexibility index (Phi) is 6.09. The quantitative estimate of drug-likeness (QED) is 0.435. The Morgan fingerprint density at radius 1 is 1.11 bits per heavy atom. The number of methoxy groups -OCH3 is 1. The number of nitrogens with zero attached hydrogens (tertiary/aromatic N) is 2. The number of halogens is 2. The molecule has 1 N–H and O–H groups in total. The average Bonchev–Trinajstić information content (AvgIpc) is 2.93. The van der Waals surface area contributed by atoms with Crippen molar-refractivity contribution in [3.63, 3.8) is 0 Å². The highest BCUT2D eigenvalue weighted by molar-refractivity contribution is 6.31. The number of hydrazone groups is 1. The first-order valence-corrected chi connectivity index (χ1v) is 9.29. The zero-order valence-electron chi connectivity index (χ0n) is 15.5. The number of ether oxygens (including phenoxy) is 1. The fraction of sp³-hybridized carbons (Fsp3) is 0.190. The Morgan fingerprint density at radius 3 is 2.63 bits per heavy atom. The normalized spacial score (nSPS) is 11.1. The van der Waals surface area contributed by atoms with Crippen LogP contribution in [0.1, 0.15) is 22.5 Å². The van der Waals surface area contributed by atoms with Crippen molar-refractivity contribution in [3.05, 3.63) is 81.1 Å². The van der Waals surface area contributed by atoms with E-state index in [1.165, 1.54) is 0 Å². The first-order valence-electron chi connectivity index (χ1n) is 8.53. The summed E-state index contributed by atoms with van der Waals surface area (Å²) in [6.45, 7) is 4.65. The fourth-order valence-electron chi connectivity index (χ4n) is 3.01. The molecule has 0 aliphatic rings. The summed E-state index contributed by atoms with van der Waals surface area (Å²) >= 11 is 12.4. The summed E-state index contributed by atoms with van der Waals surface area (Å²) in [7, 11) is 1.65. The number of hydrogen-bond donors (Lipinski definition) is 1. The topological polar surface area (TPSA) is 38.5 Å². The van der Waals surface area contributed by atoms with Crippen LogP contribution in [0.4, 0.5) is 0 Å². The summed E-state index contributed by atoms with van der Waals surface area (Å²) < 4.78 is 7.61. The second kappa shape index (κ2) is 8.51. The van der Waals surface area contributed by atoms with Crippen molar-refractivity contribution in [2.24, 2.45) is 5.10 Å². The minimum Gasteiger partial charge on any atom is -0.495 e. The molecule has 0 fully saturated rings. The van der Waals surface area contributed by atoms with Gasteiger partial charge in [-0.3, -0.25) is 0 Å². The molecule has 3 rings (SSSR count). The van der Waals surface area contributed by atoms with Gasteiger partial charge >= 0.3 is 0 Å². The molecule has 1 heterocycles. The number of aryl methyl sites for hydroxylation is 1. The second-order valence-corrected chi connectivity index (χ2v) is 7.01. The molecule has 0 atom stereocenters. The summed E-state index contributed by atoms with van der Waals surface area (Å²) in [6.07, 6.45) is 1.81. The molecule has 0 bridgehead atoms. The second-order valence-electron chi connectivity index (χ2n) is 6.16. The maximum atomic E-state index is 6.19. The highest BCUT2D eigenvalue weighted by Gasteiger charge is 2.14. The molecule has 0 saturated heterocycles. The van der Waals surface area contributed by atoms with Gasteiger partial charge in [-0.2, -0.15) is 5.10 Å². The van der Waals surface area contributed by atoms with Crippen molar-refractivity contribution >= 4 is 29.4 Å². The van der Waals surface area contributed by atoms with Crippen LogP contribution in [0.2, 0.25) is 10.0 Å². The van der Waals surface area contributed by atoms with Gasteiger partial charge in [-0.25, -0.2) is 0 Å². The molecule has 140 valence electrons. The largest absolute Gasteiger partial charge is 0.495 e. The van der Waals surface area contributed by atoms with Gasteiger partial charge in [0, 0.05) is 27.0 Å². The summed E-state index contributed by atoms with van der Waals surface area (Å²) in [4.78, 5) is 0. The molecule has 0 aliphatic heterocycles. The van der Waals surface area contributed by atoms with E-state index in [1.54, 1.807) is 7.11 Å². The number of nitrogens with one attached hydrogen (secondary N) is 1. The van der Waals surface area contributed by atoms with E-state index in [2.05, 4.69) is 21.2 Å². The van der Waals surface area contributed by atoms with E-state index in [9.17, 15) is 0 Å². The molecule has 1 aromatic heterocycles. The minimum atomic E-state index is 0.566. The molecular formula is C21H21Cl2N3O. The van der Waals surface area contributed by atoms with E-state index < -0.39 is 0 Å². The van der Waals surface area contributed by atoms with E-state index in [4.69, 9.17) is 27.9 Å². The molecule has 0 unspecified atom stereocenters. The lowest BCUT2D eigenvalue weighted by molar-refractivity contribution is 0.412. The van der Waals surface area contributed by atoms with Gasteiger partial charge in [-0.15, -0.1) is 0 Å². The van der Waals surface area contributed by atoms with Crippen molar-refractivity contribution in [1.29, 1.82) is 0 Å². The predicted octanol–water partition coefficient (Wildman–Crippen LogP) is 5.53. The zero-order valence-corrected chi connectivity index (χ0v) is 17.0. The van der Waals surface area contributed by atoms with Gasteiger partial charge in [-0.05, 0) is 49.7 Å². The Balaban J connectivity index is 1.82. The van der Waals surface area contributed by atoms with E-state index in [0.717, 1.165) is 39.0 Å². The minimum absolute atomic E-state index is 0.566. The van der Waals surface area contributed by atoms with E-state index in [1.807, 2.05) is 62.5 Å². The van der Waals surface area contributed by atoms with Gasteiger partial charge in [0.05, 0.1) is 25.6 Å². The van der Waals surface area contributed by atoms with Crippen LogP contribution in [0.25, 0.3) is 5.69 Å². The third-order valence-corrected chi connectivity index (χ3v) is 4.98. The highest BCUT2D eigenvalue weighted by Crippen LogP contribution is 2.30. The molecule has 2 aromatic carbocycles. The predicted molar refractivity (Wildman–Crippen MR) is 113 cm³/mol. The van der Waals surface area contributed by atoms with Gasteiger partial charge in [0.2, 0.25) is 0 Å². The lowest BCUT2D eigenvalue weighted by Gasteiger charge is -2.14. The molecule has 0 spiro atoms. The summed E-state index contributed by atoms with van der Waals surface area (Å²) in [5, 5.41) is 5.73. The molecule has 4 nitrogen and oxygen atoms in total. The summed E-state index contributed by atoms with van der Waals surface area (Å²) in [6, 6.07) is 15.4. The molecule has 27 heavy (non-hydrogen) atoms. The van der Waals surface area contributed by atoms with Gasteiger partial charge in [0.15, 0.2) is 0 Å². The molecule has 0 saturated carbocycles. The molecule has 0 radical (unpaired) electrons. The van der Waals surface area contributed by atoms with Gasteiger partial charge in [0.25, 0.3) is 0 Å². The Labute approximate surface area is 169 Å². The Morgan fingerprint density at radius 2 is 1.89 bits per heavy atom. The Bertz CT molecular complexity index is 980. The number of hydrogen-bond acceptors (Lipinski definition) is 3. The fourth-order valence-corrected chi connectivity index (χ4v) is 3.38. The molecule has 3 aromatic rings. The maximum absolute atomic E-state index is 6.19. The SMILES string of the molecule is COc1ccc(Cl)cc1-n1c(C)cc(/C=N\NCc2ccccc2Cl)c1C. The first-order chi connectivity index (χ1) is 13.0. The molecular weight excluding hydrogens is 381 g/mol. The number of benzene rings is 2. The van der Waals surface area contributed by atoms with Crippen LogP contribution in [0.15, 0.2) is 53.6 Å². The van der Waals surface area contributed by atoms with Crippen molar-refractivity contribution in [3.8, 4) is 11.4 Å². The summed E-state index contributed by atoms with van der Waals surface area (Å²) in [5.74, 6) is 0.765. The number of rotatable bonds is 6. The molecule has 0 aliphatic carbocycles. The van der Waals surface area contributed by atoms with Crippen LogP contribution >= 0.6 is 23.2 Å². The van der Waals surface area contributed by atoms with Crippen molar-refractivity contribution in [2.75, 3.05) is 7.11 Å². The van der Waals surface area contributed by atoms with Crippen LogP contribution < -0.4 is 10.2 Å². The van der Waals surface area contributed by atoms with Gasteiger partial charge < -0.3 is 14.7 Å². The van der Waals surface area contributed by atoms with Crippen LogP contribution in [-0.2, 0) is 6.54 Å². The lowest BCUT2D eigenvalue weighted by atomic mass is 10.2. The van der Waals surface area contributed by atoms with Crippen molar-refractivity contribution in [2.45, 2.75) is 20.4 Å². The summed E-state index contributed by atoms with van der Waals surface area (Å²) in [5.41, 5.74) is 8.10. The van der Waals surface area contributed by atoms with Gasteiger partial charge in [0.1, 0.15) is 5.75 Å². The van der Waals surface area contributed by atoms with E-state index >= 15 is 0 Å². The number of aromatic nitrogens is 1. The van der Waals surface area contributed by atoms with Crippen molar-refractivity contribution < 1.29 is 4.74 Å². The molecule has 0 amide bonds. The monoisotopic (exact) mass is 401 g/mol.